The molecule has 1 atom stereocenters. The summed E-state index contributed by atoms with van der Waals surface area (Å²) < 4.78 is 64.0. The number of benzene rings is 1. The number of nitrogens with one attached hydrogen (secondary N) is 1. The molecule has 0 amide bonds. The summed E-state index contributed by atoms with van der Waals surface area (Å²) in [6.07, 6.45) is -5.14. The predicted molar refractivity (Wildman–Crippen MR) is 58.0 cm³/mol. The topological polar surface area (TPSA) is 32.3 Å². The Labute approximate surface area is 104 Å². The molecular weight excluding hydrogens is 277 g/mol. The highest BCUT2D eigenvalue weighted by molar-refractivity contribution is 7.79. The zero-order chi connectivity index (χ0) is 13.9. The van der Waals surface area contributed by atoms with Gasteiger partial charge in [0.05, 0.1) is 12.8 Å². The molecule has 1 rings (SSSR count). The molecule has 0 heterocycles. The Bertz CT molecular complexity index is 449. The maximum atomic E-state index is 13.6. The zero-order valence-electron chi connectivity index (χ0n) is 8.76. The summed E-state index contributed by atoms with van der Waals surface area (Å²) >= 11 is 4.51. The van der Waals surface area contributed by atoms with Gasteiger partial charge in [0.25, 0.3) is 0 Å². The van der Waals surface area contributed by atoms with Crippen molar-refractivity contribution in [3.05, 3.63) is 34.9 Å². The van der Waals surface area contributed by atoms with E-state index < -0.39 is 41.7 Å². The molecule has 0 aromatic heterocycles. The van der Waals surface area contributed by atoms with Gasteiger partial charge in [-0.25, -0.2) is 8.78 Å². The van der Waals surface area contributed by atoms with Gasteiger partial charge in [-0.15, -0.1) is 0 Å². The van der Waals surface area contributed by atoms with E-state index in [0.29, 0.717) is 6.07 Å². The van der Waals surface area contributed by atoms with E-state index in [2.05, 4.69) is 17.5 Å². The molecule has 0 saturated heterocycles. The van der Waals surface area contributed by atoms with E-state index in [-0.39, 0.29) is 0 Å². The highest BCUT2D eigenvalue weighted by atomic mass is 32.1. The number of aliphatic hydroxyl groups excluding tert-OH is 1. The molecule has 18 heavy (non-hydrogen) atoms. The van der Waals surface area contributed by atoms with E-state index >= 15 is 0 Å². The minimum Gasteiger partial charge on any atom is -0.381 e. The van der Waals surface area contributed by atoms with E-state index in [1.54, 1.807) is 0 Å². The fourth-order valence-electron chi connectivity index (χ4n) is 1.40. The second kappa shape index (κ2) is 5.68. The van der Waals surface area contributed by atoms with Crippen molar-refractivity contribution in [1.29, 1.82) is 0 Å². The van der Waals surface area contributed by atoms with Crippen molar-refractivity contribution in [2.45, 2.75) is 12.2 Å². The number of hydrogen-bond donors (Lipinski definition) is 2. The van der Waals surface area contributed by atoms with Crippen LogP contribution in [0.15, 0.2) is 12.1 Å². The first-order valence-corrected chi connectivity index (χ1v) is 5.14. The summed E-state index contributed by atoms with van der Waals surface area (Å²) in [4.78, 5) is 0. The van der Waals surface area contributed by atoms with Crippen LogP contribution in [0.5, 0.6) is 0 Å². The molecule has 0 saturated carbocycles. The number of rotatable bonds is 4. The Kier molecular flexibility index (Phi) is 4.71. The van der Waals surface area contributed by atoms with Gasteiger partial charge < -0.3 is 5.11 Å². The van der Waals surface area contributed by atoms with Crippen LogP contribution >= 0.6 is 12.2 Å². The quantitative estimate of drug-likeness (QED) is 0.506. The lowest BCUT2D eigenvalue weighted by molar-refractivity contribution is -0.142. The minimum atomic E-state index is -5.14. The molecule has 0 aliphatic rings. The number of aliphatic hydroxyl groups is 1. The first-order valence-electron chi connectivity index (χ1n) is 4.67. The van der Waals surface area contributed by atoms with Crippen molar-refractivity contribution >= 4 is 17.6 Å². The van der Waals surface area contributed by atoms with Gasteiger partial charge in [-0.05, 0) is 6.07 Å². The monoisotopic (exact) mass is 285 g/mol. The van der Waals surface area contributed by atoms with Gasteiger partial charge in [0.2, 0.25) is 0 Å². The lowest BCUT2D eigenvalue weighted by Crippen LogP contribution is -2.25. The van der Waals surface area contributed by atoms with E-state index in [4.69, 9.17) is 5.11 Å². The molecule has 0 bridgehead atoms. The summed E-state index contributed by atoms with van der Waals surface area (Å²) in [5, 5.41) is 11.8. The third kappa shape index (κ3) is 3.01. The molecule has 2 N–H and O–H groups in total. The molecule has 8 heteroatoms. The summed E-state index contributed by atoms with van der Waals surface area (Å²) in [5.74, 6) is -3.44. The Morgan fingerprint density at radius 3 is 2.39 bits per heavy atom. The molecule has 0 aliphatic carbocycles. The normalized spacial score (nSPS) is 13.4. The smallest absolute Gasteiger partial charge is 0.381 e. The zero-order valence-corrected chi connectivity index (χ0v) is 9.58. The number of thiocarbonyl (C=S) groups is 1. The lowest BCUT2D eigenvalue weighted by atomic mass is 10.0. The second-order valence-electron chi connectivity index (χ2n) is 3.30. The summed E-state index contributed by atoms with van der Waals surface area (Å²) in [6.45, 7) is -0.615. The average Bonchev–Trinajstić information content (AvgIpc) is 2.25. The summed E-state index contributed by atoms with van der Waals surface area (Å²) in [6, 6.07) is 0.231. The third-order valence-electron chi connectivity index (χ3n) is 2.19. The van der Waals surface area contributed by atoms with Crippen LogP contribution in [0.1, 0.15) is 17.2 Å². The van der Waals surface area contributed by atoms with Crippen molar-refractivity contribution in [1.82, 2.24) is 5.32 Å². The second-order valence-corrected chi connectivity index (χ2v) is 3.57. The molecule has 0 radical (unpaired) electrons. The largest absolute Gasteiger partial charge is 0.422 e. The lowest BCUT2D eigenvalue weighted by Gasteiger charge is -2.17. The Morgan fingerprint density at radius 2 is 1.94 bits per heavy atom. The Hall–Kier alpha value is -1.12. The van der Waals surface area contributed by atoms with Crippen molar-refractivity contribution in [2.24, 2.45) is 0 Å². The first kappa shape index (κ1) is 14.9. The highest BCUT2D eigenvalue weighted by Gasteiger charge is 2.39. The van der Waals surface area contributed by atoms with Gasteiger partial charge in [-0.3, -0.25) is 5.32 Å². The Balaban J connectivity index is 3.36. The fraction of sp³-hybridized carbons (Fsp3) is 0.300. The van der Waals surface area contributed by atoms with Crippen molar-refractivity contribution < 1.29 is 27.1 Å². The van der Waals surface area contributed by atoms with Gasteiger partial charge in [0.1, 0.15) is 17.2 Å². The van der Waals surface area contributed by atoms with Crippen molar-refractivity contribution in [3.63, 3.8) is 0 Å². The molecule has 0 aliphatic heterocycles. The van der Waals surface area contributed by atoms with Gasteiger partial charge in [-0.2, -0.15) is 13.2 Å². The van der Waals surface area contributed by atoms with Crippen LogP contribution in [0.2, 0.25) is 0 Å². The van der Waals surface area contributed by atoms with Crippen LogP contribution in [-0.4, -0.2) is 17.2 Å². The van der Waals surface area contributed by atoms with Crippen LogP contribution in [-0.2, 0) is 6.18 Å². The Morgan fingerprint density at radius 1 is 1.33 bits per heavy atom. The third-order valence-corrected chi connectivity index (χ3v) is 2.46. The molecule has 0 spiro atoms. The average molecular weight is 285 g/mol. The number of halogens is 5. The van der Waals surface area contributed by atoms with E-state index in [0.717, 1.165) is 11.4 Å². The van der Waals surface area contributed by atoms with Gasteiger partial charge in [-0.1, -0.05) is 18.3 Å². The SMILES string of the molecule is OCNC(C=S)c1ccc(F)c(C(F)(F)F)c1F. The molecule has 2 nitrogen and oxygen atoms in total. The van der Waals surface area contributed by atoms with Crippen LogP contribution in [0.4, 0.5) is 22.0 Å². The molecule has 100 valence electrons. The van der Waals surface area contributed by atoms with E-state index in [9.17, 15) is 22.0 Å². The molecule has 1 unspecified atom stereocenters. The summed E-state index contributed by atoms with van der Waals surface area (Å²) in [5.41, 5.74) is -2.45. The molecule has 0 fully saturated rings. The number of alkyl halides is 3. The van der Waals surface area contributed by atoms with Crippen LogP contribution in [0.3, 0.4) is 0 Å². The van der Waals surface area contributed by atoms with E-state index in [1.807, 2.05) is 0 Å². The highest BCUT2D eigenvalue weighted by Crippen LogP contribution is 2.35. The van der Waals surface area contributed by atoms with Crippen molar-refractivity contribution in [2.75, 3.05) is 6.73 Å². The van der Waals surface area contributed by atoms with Crippen molar-refractivity contribution in [3.8, 4) is 0 Å². The van der Waals surface area contributed by atoms with Crippen LogP contribution in [0.25, 0.3) is 0 Å². The molecular formula is C10H8F5NOS. The molecule has 1 aromatic rings. The van der Waals surface area contributed by atoms with E-state index in [1.165, 1.54) is 0 Å². The maximum Gasteiger partial charge on any atom is 0.422 e. The standard InChI is InChI=1S/C10H8F5NOS/c11-6-2-1-5(7(3-18)16-4-17)9(12)8(6)10(13,14)15/h1-3,7,16-17H,4H2. The maximum absolute atomic E-state index is 13.6. The minimum absolute atomic E-state index is 0.479. The van der Waals surface area contributed by atoms with Gasteiger partial charge >= 0.3 is 6.18 Å². The van der Waals surface area contributed by atoms with Gasteiger partial charge in [0, 0.05) is 10.9 Å². The molecule has 1 aromatic carbocycles. The van der Waals surface area contributed by atoms with Gasteiger partial charge in [0.15, 0.2) is 0 Å². The summed E-state index contributed by atoms with van der Waals surface area (Å²) in [7, 11) is 0. The predicted octanol–water partition coefficient (Wildman–Crippen LogP) is 2.56. The van der Waals surface area contributed by atoms with Crippen LogP contribution in [0, 0.1) is 11.6 Å². The first-order chi connectivity index (χ1) is 8.32. The van der Waals surface area contributed by atoms with Crippen LogP contribution < -0.4 is 5.32 Å². The fourth-order valence-corrected chi connectivity index (χ4v) is 1.64. The number of hydrogen-bond acceptors (Lipinski definition) is 3.